The van der Waals surface area contributed by atoms with E-state index in [1.807, 2.05) is 0 Å². The summed E-state index contributed by atoms with van der Waals surface area (Å²) in [5.74, 6) is 0. The zero-order valence-corrected chi connectivity index (χ0v) is 30.5. The van der Waals surface area contributed by atoms with E-state index in [-0.39, 0.29) is 38.7 Å². The van der Waals surface area contributed by atoms with Crippen LogP contribution in [0.1, 0.15) is 105 Å². The molecule has 4 aromatic rings. The molecule has 0 spiro atoms. The molecule has 0 N–H and O–H groups in total. The molecule has 0 radical (unpaired) electrons. The summed E-state index contributed by atoms with van der Waals surface area (Å²) in [5, 5.41) is 5.86. The quantitative estimate of drug-likeness (QED) is 0.120. The Morgan fingerprint density at radius 1 is 0.439 bits per heavy atom. The van der Waals surface area contributed by atoms with Crippen molar-refractivity contribution in [3.05, 3.63) is 107 Å². The molecule has 3 heteroatoms. The fourth-order valence-corrected chi connectivity index (χ4v) is 8.37. The molecule has 0 aliphatic carbocycles. The molecule has 0 heterocycles. The summed E-state index contributed by atoms with van der Waals surface area (Å²) in [6.45, 7) is 27.9. The van der Waals surface area contributed by atoms with Gasteiger partial charge in [0.25, 0.3) is 0 Å². The van der Waals surface area contributed by atoms with Gasteiger partial charge in [-0.25, -0.2) is 24.3 Å². The Kier molecular flexibility index (Phi) is 12.1. The standard InChI is InChI=1S/2C19H26P.Fe/c2*1-18(2,3)15-12-9-13-16(17(15)19(4,5)6)20-14-10-7-8-11-14;/h2*7-13,20H,1-6H3;/q2*-1;+2. The van der Waals surface area contributed by atoms with E-state index in [9.17, 15) is 0 Å². The van der Waals surface area contributed by atoms with Crippen molar-refractivity contribution in [1.82, 2.24) is 0 Å². The molecule has 0 bridgehead atoms. The van der Waals surface area contributed by atoms with Crippen LogP contribution < -0.4 is 21.2 Å². The Morgan fingerprint density at radius 3 is 1.02 bits per heavy atom. The SMILES string of the molecule is CC(C)(C)c1cccc(Pc2ccc[cH-]2)c1C(C)(C)C.CC(C)(C)c1cccc(Pc2ccc[cH-]2)c1C(C)(C)C.[Fe+2]. The van der Waals surface area contributed by atoms with Crippen LogP contribution in [0.2, 0.25) is 0 Å². The van der Waals surface area contributed by atoms with Gasteiger partial charge >= 0.3 is 17.1 Å². The molecule has 4 aromatic carbocycles. The Balaban J connectivity index is 0.000000280. The van der Waals surface area contributed by atoms with Crippen LogP contribution in [-0.4, -0.2) is 0 Å². The van der Waals surface area contributed by atoms with E-state index >= 15 is 0 Å². The van der Waals surface area contributed by atoms with Crippen LogP contribution in [0, 0.1) is 0 Å². The minimum absolute atomic E-state index is 0. The van der Waals surface area contributed by atoms with Gasteiger partial charge in [-0.2, -0.15) is 24.3 Å². The molecule has 2 atom stereocenters. The molecule has 0 nitrogen and oxygen atoms in total. The molecule has 41 heavy (non-hydrogen) atoms. The Bertz CT molecular complexity index is 1240. The summed E-state index contributed by atoms with van der Waals surface area (Å²) in [4.78, 5) is 0. The van der Waals surface area contributed by atoms with E-state index in [0.29, 0.717) is 0 Å². The third kappa shape index (κ3) is 9.77. The van der Waals surface area contributed by atoms with Gasteiger partial charge in [-0.1, -0.05) is 137 Å². The van der Waals surface area contributed by atoms with Crippen molar-refractivity contribution in [3.63, 3.8) is 0 Å². The fraction of sp³-hybridized carbons (Fsp3) is 0.421. The topological polar surface area (TPSA) is 0 Å². The summed E-state index contributed by atoms with van der Waals surface area (Å²) >= 11 is 0. The molecule has 0 aliphatic rings. The monoisotopic (exact) mass is 626 g/mol. The molecule has 0 aliphatic heterocycles. The average Bonchev–Trinajstić information content (AvgIpc) is 3.51. The van der Waals surface area contributed by atoms with Gasteiger partial charge in [0.2, 0.25) is 0 Å². The summed E-state index contributed by atoms with van der Waals surface area (Å²) in [5.41, 5.74) is 6.78. The van der Waals surface area contributed by atoms with Crippen molar-refractivity contribution in [2.45, 2.75) is 105 Å². The average molecular weight is 627 g/mol. The molecular formula is C38H52FeP2. The summed E-state index contributed by atoms with van der Waals surface area (Å²) in [7, 11) is 1.50. The molecule has 0 saturated carbocycles. The van der Waals surface area contributed by atoms with Gasteiger partial charge in [-0.15, -0.1) is 10.6 Å². The van der Waals surface area contributed by atoms with Crippen molar-refractivity contribution < 1.29 is 17.1 Å². The van der Waals surface area contributed by atoms with Crippen LogP contribution in [0.25, 0.3) is 0 Å². The van der Waals surface area contributed by atoms with Crippen LogP contribution in [-0.2, 0) is 38.7 Å². The second-order valence-corrected chi connectivity index (χ2v) is 17.8. The minimum atomic E-state index is 0. The zero-order chi connectivity index (χ0) is 29.9. The normalized spacial score (nSPS) is 13.0. The third-order valence-electron chi connectivity index (χ3n) is 7.13. The van der Waals surface area contributed by atoms with Crippen LogP contribution in [0.3, 0.4) is 0 Å². The van der Waals surface area contributed by atoms with Gasteiger partial charge in [0.15, 0.2) is 0 Å². The van der Waals surface area contributed by atoms with E-state index in [0.717, 1.165) is 17.2 Å². The summed E-state index contributed by atoms with van der Waals surface area (Å²) in [6, 6.07) is 31.1. The minimum Gasteiger partial charge on any atom is -0.213 e. The van der Waals surface area contributed by atoms with Gasteiger partial charge in [-0.3, -0.25) is 0 Å². The smallest absolute Gasteiger partial charge is 0.213 e. The molecule has 2 unspecified atom stereocenters. The molecular weight excluding hydrogens is 574 g/mol. The first-order valence-corrected chi connectivity index (χ1v) is 16.6. The first kappa shape index (κ1) is 35.7. The number of rotatable bonds is 4. The van der Waals surface area contributed by atoms with Crippen molar-refractivity contribution in [1.29, 1.82) is 0 Å². The Morgan fingerprint density at radius 2 is 0.780 bits per heavy atom. The number of benzene rings is 2. The largest absolute Gasteiger partial charge is 2.00 e. The second kappa shape index (κ2) is 13.9. The maximum absolute atomic E-state index is 2.33. The first-order valence-electron chi connectivity index (χ1n) is 14.6. The molecule has 0 fully saturated rings. The molecule has 4 rings (SSSR count). The van der Waals surface area contributed by atoms with Crippen molar-refractivity contribution >= 4 is 38.4 Å². The first-order chi connectivity index (χ1) is 18.4. The summed E-state index contributed by atoms with van der Waals surface area (Å²) < 4.78 is 0. The molecule has 0 saturated heterocycles. The summed E-state index contributed by atoms with van der Waals surface area (Å²) in [6.07, 6.45) is 0. The van der Waals surface area contributed by atoms with Gasteiger partial charge < -0.3 is 0 Å². The fourth-order valence-electron chi connectivity index (χ4n) is 5.40. The maximum Gasteiger partial charge on any atom is 2.00 e. The predicted octanol–water partition coefficient (Wildman–Crippen LogP) is 9.26. The van der Waals surface area contributed by atoms with Gasteiger partial charge in [0.1, 0.15) is 0 Å². The third-order valence-corrected chi connectivity index (χ3v) is 9.74. The van der Waals surface area contributed by atoms with E-state index < -0.39 is 0 Å². The zero-order valence-electron chi connectivity index (χ0n) is 27.4. The Labute approximate surface area is 266 Å². The second-order valence-electron chi connectivity index (χ2n) is 15.1. The molecule has 0 aromatic heterocycles. The van der Waals surface area contributed by atoms with E-state index in [4.69, 9.17) is 0 Å². The van der Waals surface area contributed by atoms with Crippen molar-refractivity contribution in [3.8, 4) is 0 Å². The Hall–Kier alpha value is -1.48. The van der Waals surface area contributed by atoms with E-state index in [1.165, 1.54) is 43.5 Å². The maximum atomic E-state index is 2.33. The van der Waals surface area contributed by atoms with Crippen molar-refractivity contribution in [2.24, 2.45) is 0 Å². The van der Waals surface area contributed by atoms with Gasteiger partial charge in [0.05, 0.1) is 0 Å². The number of hydrogen-bond donors (Lipinski definition) is 0. The van der Waals surface area contributed by atoms with Gasteiger partial charge in [-0.05, 0) is 54.5 Å². The molecule has 222 valence electrons. The van der Waals surface area contributed by atoms with Crippen LogP contribution in [0.4, 0.5) is 0 Å². The predicted molar refractivity (Wildman–Crippen MR) is 187 cm³/mol. The van der Waals surface area contributed by atoms with Crippen molar-refractivity contribution in [2.75, 3.05) is 0 Å². The van der Waals surface area contributed by atoms with E-state index in [1.54, 1.807) is 0 Å². The van der Waals surface area contributed by atoms with Gasteiger partial charge in [0, 0.05) is 0 Å². The number of hydrogen-bond acceptors (Lipinski definition) is 0. The van der Waals surface area contributed by atoms with Crippen LogP contribution >= 0.6 is 17.2 Å². The molecule has 0 amide bonds. The van der Waals surface area contributed by atoms with E-state index in [2.05, 4.69) is 168 Å². The van der Waals surface area contributed by atoms with Crippen LogP contribution in [0.15, 0.2) is 84.9 Å². The van der Waals surface area contributed by atoms with Crippen LogP contribution in [0.5, 0.6) is 0 Å².